The van der Waals surface area contributed by atoms with Crippen molar-refractivity contribution >= 4 is 17.4 Å². The van der Waals surface area contributed by atoms with Gasteiger partial charge in [0, 0.05) is 43.0 Å². The van der Waals surface area contributed by atoms with Crippen molar-refractivity contribution in [2.24, 2.45) is 0 Å². The van der Waals surface area contributed by atoms with Gasteiger partial charge in [0.2, 0.25) is 0 Å². The van der Waals surface area contributed by atoms with E-state index in [1.807, 2.05) is 49.1 Å². The van der Waals surface area contributed by atoms with Gasteiger partial charge in [0.25, 0.3) is 5.91 Å². The molecule has 0 aromatic heterocycles. The van der Waals surface area contributed by atoms with Gasteiger partial charge < -0.3 is 14.9 Å². The second-order valence-electron chi connectivity index (χ2n) is 7.97. The van der Waals surface area contributed by atoms with Crippen LogP contribution in [0.1, 0.15) is 37.4 Å². The van der Waals surface area contributed by atoms with Gasteiger partial charge in [-0.15, -0.1) is 0 Å². The highest BCUT2D eigenvalue weighted by Gasteiger charge is 2.26. The van der Waals surface area contributed by atoms with E-state index in [1.54, 1.807) is 36.4 Å². The molecule has 31 heavy (non-hydrogen) atoms. The third-order valence-corrected chi connectivity index (χ3v) is 5.95. The molecule has 158 valence electrons. The summed E-state index contributed by atoms with van der Waals surface area (Å²) in [4.78, 5) is 30.5. The summed E-state index contributed by atoms with van der Waals surface area (Å²) in [5, 5.41) is 9.48. The first kappa shape index (κ1) is 20.7. The average molecular weight is 415 g/mol. The van der Waals surface area contributed by atoms with Crippen LogP contribution in [0.15, 0.2) is 66.7 Å². The number of phenolic OH excluding ortho intramolecular Hbond substituents is 1. The number of amides is 1. The van der Waals surface area contributed by atoms with E-state index in [0.717, 1.165) is 16.8 Å². The minimum atomic E-state index is -0.130. The number of hydrogen-bond donors (Lipinski definition) is 1. The maximum atomic E-state index is 13.3. The zero-order valence-corrected chi connectivity index (χ0v) is 17.8. The van der Waals surface area contributed by atoms with Crippen LogP contribution in [-0.2, 0) is 0 Å². The Hall–Kier alpha value is -3.60. The van der Waals surface area contributed by atoms with Crippen molar-refractivity contribution in [1.29, 1.82) is 0 Å². The predicted molar refractivity (Wildman–Crippen MR) is 122 cm³/mol. The van der Waals surface area contributed by atoms with Crippen molar-refractivity contribution in [1.82, 2.24) is 4.90 Å². The summed E-state index contributed by atoms with van der Waals surface area (Å²) in [5.41, 5.74) is 4.70. The molecule has 3 aromatic carbocycles. The minimum Gasteiger partial charge on any atom is -0.508 e. The van der Waals surface area contributed by atoms with E-state index in [1.165, 1.54) is 0 Å². The van der Waals surface area contributed by atoms with Crippen LogP contribution in [0.2, 0.25) is 0 Å². The first-order chi connectivity index (χ1) is 14.9. The lowest BCUT2D eigenvalue weighted by Gasteiger charge is -2.36. The quantitative estimate of drug-likeness (QED) is 0.650. The summed E-state index contributed by atoms with van der Waals surface area (Å²) in [5.74, 6) is -0.00414. The second kappa shape index (κ2) is 8.64. The molecule has 0 atom stereocenters. The van der Waals surface area contributed by atoms with Gasteiger partial charge in [0.15, 0.2) is 5.78 Å². The van der Waals surface area contributed by atoms with Crippen molar-refractivity contribution in [2.75, 3.05) is 31.1 Å². The van der Waals surface area contributed by atoms with Crippen LogP contribution in [0, 0.1) is 13.8 Å². The Balaban J connectivity index is 1.51. The summed E-state index contributed by atoms with van der Waals surface area (Å²) in [6.45, 7) is 6.54. The number of anilines is 1. The minimum absolute atomic E-state index is 0.113. The molecule has 3 aromatic rings. The van der Waals surface area contributed by atoms with E-state index in [2.05, 4.69) is 4.90 Å². The fourth-order valence-electron chi connectivity index (χ4n) is 3.91. The van der Waals surface area contributed by atoms with E-state index in [4.69, 9.17) is 0 Å². The Morgan fingerprint density at radius 1 is 0.774 bits per heavy atom. The maximum absolute atomic E-state index is 13.3. The average Bonchev–Trinajstić information content (AvgIpc) is 2.80. The van der Waals surface area contributed by atoms with Gasteiger partial charge in [0.05, 0.1) is 5.56 Å². The van der Waals surface area contributed by atoms with Gasteiger partial charge in [-0.2, -0.15) is 0 Å². The first-order valence-electron chi connectivity index (χ1n) is 10.5. The summed E-state index contributed by atoms with van der Waals surface area (Å²) >= 11 is 0. The smallest absolute Gasteiger partial charge is 0.254 e. The van der Waals surface area contributed by atoms with Crippen LogP contribution < -0.4 is 4.90 Å². The molecule has 0 saturated carbocycles. The Morgan fingerprint density at radius 2 is 1.42 bits per heavy atom. The lowest BCUT2D eigenvalue weighted by Crippen LogP contribution is -2.49. The second-order valence-corrected chi connectivity index (χ2v) is 7.97. The molecule has 0 spiro atoms. The van der Waals surface area contributed by atoms with Gasteiger partial charge in [-0.25, -0.2) is 0 Å². The van der Waals surface area contributed by atoms with Crippen LogP contribution in [0.5, 0.6) is 5.75 Å². The molecule has 1 saturated heterocycles. The van der Waals surface area contributed by atoms with Crippen molar-refractivity contribution in [2.45, 2.75) is 13.8 Å². The van der Waals surface area contributed by atoms with E-state index < -0.39 is 0 Å². The molecule has 1 aliphatic heterocycles. The number of ketones is 1. The Bertz CT molecular complexity index is 1110. The largest absolute Gasteiger partial charge is 0.508 e. The Labute approximate surface area is 182 Å². The van der Waals surface area contributed by atoms with Crippen LogP contribution in [0.4, 0.5) is 5.69 Å². The monoisotopic (exact) mass is 414 g/mol. The molecule has 1 heterocycles. The molecular weight excluding hydrogens is 388 g/mol. The third kappa shape index (κ3) is 4.31. The van der Waals surface area contributed by atoms with Gasteiger partial charge in [-0.1, -0.05) is 30.3 Å². The molecular formula is C26H26N2O3. The van der Waals surface area contributed by atoms with Crippen LogP contribution in [0.25, 0.3) is 0 Å². The van der Waals surface area contributed by atoms with Crippen LogP contribution in [0.3, 0.4) is 0 Å². The van der Waals surface area contributed by atoms with Crippen LogP contribution in [-0.4, -0.2) is 47.9 Å². The fraction of sp³-hybridized carbons (Fsp3) is 0.231. The number of carbonyl (C=O) groups excluding carboxylic acids is 2. The van der Waals surface area contributed by atoms with Gasteiger partial charge in [-0.3, -0.25) is 9.59 Å². The molecule has 0 bridgehead atoms. The summed E-state index contributed by atoms with van der Waals surface area (Å²) in [6.07, 6.45) is 0. The number of hydrogen-bond acceptors (Lipinski definition) is 4. The molecule has 4 rings (SSSR count). The Kier molecular flexibility index (Phi) is 5.76. The number of aromatic hydroxyl groups is 1. The van der Waals surface area contributed by atoms with E-state index in [-0.39, 0.29) is 17.4 Å². The number of carbonyl (C=O) groups is 2. The molecule has 1 aliphatic rings. The lowest BCUT2D eigenvalue weighted by molar-refractivity contribution is 0.0742. The third-order valence-electron chi connectivity index (χ3n) is 5.95. The molecule has 5 nitrogen and oxygen atoms in total. The van der Waals surface area contributed by atoms with Gasteiger partial charge in [-0.05, 0) is 61.4 Å². The van der Waals surface area contributed by atoms with Gasteiger partial charge in [0.1, 0.15) is 5.75 Å². The zero-order chi connectivity index (χ0) is 22.0. The highest BCUT2D eigenvalue weighted by molar-refractivity contribution is 6.15. The fourth-order valence-corrected chi connectivity index (χ4v) is 3.91. The topological polar surface area (TPSA) is 60.9 Å². The molecule has 0 radical (unpaired) electrons. The standard InChI is InChI=1S/C26H26N2O3/c1-18-7-8-20(17-19(18)2)25(30)23-5-3-4-6-24(23)26(31)28-15-13-27(14-16-28)21-9-11-22(29)12-10-21/h3-12,17,29H,13-16H2,1-2H3. The number of rotatable bonds is 4. The lowest BCUT2D eigenvalue weighted by atomic mass is 9.95. The first-order valence-corrected chi connectivity index (χ1v) is 10.5. The van der Waals surface area contributed by atoms with E-state index >= 15 is 0 Å². The maximum Gasteiger partial charge on any atom is 0.254 e. The van der Waals surface area contributed by atoms with Crippen molar-refractivity contribution in [3.8, 4) is 5.75 Å². The SMILES string of the molecule is Cc1ccc(C(=O)c2ccccc2C(=O)N2CCN(c3ccc(O)cc3)CC2)cc1C. The van der Waals surface area contributed by atoms with Gasteiger partial charge >= 0.3 is 0 Å². The number of piperazine rings is 1. The zero-order valence-electron chi connectivity index (χ0n) is 17.8. The van der Waals surface area contributed by atoms with E-state index in [0.29, 0.717) is 42.9 Å². The number of phenols is 1. The summed E-state index contributed by atoms with van der Waals surface area (Å²) in [7, 11) is 0. The molecule has 0 unspecified atom stereocenters. The van der Waals surface area contributed by atoms with Crippen molar-refractivity contribution in [3.63, 3.8) is 0 Å². The molecule has 0 aliphatic carbocycles. The number of aryl methyl sites for hydroxylation is 2. The van der Waals surface area contributed by atoms with Crippen molar-refractivity contribution < 1.29 is 14.7 Å². The number of benzene rings is 3. The molecule has 1 fully saturated rings. The normalized spacial score (nSPS) is 13.9. The molecule has 5 heteroatoms. The van der Waals surface area contributed by atoms with Crippen molar-refractivity contribution in [3.05, 3.63) is 94.5 Å². The molecule has 1 N–H and O–H groups in total. The highest BCUT2D eigenvalue weighted by Crippen LogP contribution is 2.22. The Morgan fingerprint density at radius 3 is 2.06 bits per heavy atom. The molecule has 1 amide bonds. The predicted octanol–water partition coefficient (Wildman–Crippen LogP) is 4.20. The van der Waals surface area contributed by atoms with E-state index in [9.17, 15) is 14.7 Å². The number of nitrogens with zero attached hydrogens (tertiary/aromatic N) is 2. The van der Waals surface area contributed by atoms with Crippen LogP contribution >= 0.6 is 0 Å². The summed E-state index contributed by atoms with van der Waals surface area (Å²) < 4.78 is 0. The highest BCUT2D eigenvalue weighted by atomic mass is 16.3. The summed E-state index contributed by atoms with van der Waals surface area (Å²) in [6, 6.07) is 19.8.